The molecule has 2 rings (SSSR count). The number of nitrogens with one attached hydrogen (secondary N) is 1. The van der Waals surface area contributed by atoms with E-state index in [0.29, 0.717) is 37.4 Å². The first-order valence-electron chi connectivity index (χ1n) is 12.1. The summed E-state index contributed by atoms with van der Waals surface area (Å²) in [6.45, 7) is 5.65. The van der Waals surface area contributed by atoms with Crippen LogP contribution in [-0.4, -0.2) is 60.3 Å². The first-order valence-corrected chi connectivity index (χ1v) is 12.1. The van der Waals surface area contributed by atoms with Crippen LogP contribution in [0, 0.1) is 6.92 Å². The third kappa shape index (κ3) is 10.6. The summed E-state index contributed by atoms with van der Waals surface area (Å²) in [6, 6.07) is 14.1. The van der Waals surface area contributed by atoms with Gasteiger partial charge in [-0.05, 0) is 62.9 Å². The second-order valence-electron chi connectivity index (χ2n) is 8.74. The molecule has 0 aliphatic carbocycles. The van der Waals surface area contributed by atoms with Crippen molar-refractivity contribution in [2.24, 2.45) is 0 Å². The summed E-state index contributed by atoms with van der Waals surface area (Å²) in [5.74, 6) is -3.16. The van der Waals surface area contributed by atoms with Gasteiger partial charge in [-0.1, -0.05) is 30.3 Å². The lowest BCUT2D eigenvalue weighted by molar-refractivity contribution is -0.149. The number of halogens is 2. The monoisotopic (exact) mass is 506 g/mol. The second-order valence-corrected chi connectivity index (χ2v) is 8.74. The summed E-state index contributed by atoms with van der Waals surface area (Å²) in [5, 5.41) is 12.1. The lowest BCUT2D eigenvalue weighted by Gasteiger charge is -2.24. The van der Waals surface area contributed by atoms with Gasteiger partial charge in [-0.2, -0.15) is 0 Å². The fourth-order valence-electron chi connectivity index (χ4n) is 3.59. The quantitative estimate of drug-likeness (QED) is 0.300. The Kier molecular flexibility index (Phi) is 11.6. The van der Waals surface area contributed by atoms with Gasteiger partial charge >= 0.3 is 12.0 Å². The number of ether oxygens (including phenoxy) is 2. The highest BCUT2D eigenvalue weighted by atomic mass is 19.3. The lowest BCUT2D eigenvalue weighted by atomic mass is 10.1. The number of hydrogen-bond acceptors (Lipinski definition) is 4. The van der Waals surface area contributed by atoms with E-state index in [1.807, 2.05) is 31.2 Å². The Bertz CT molecular complexity index is 963. The number of carbonyl (C=O) groups is 2. The molecule has 0 radical (unpaired) electrons. The molecule has 1 atom stereocenters. The fraction of sp³-hybridized carbons (Fsp3) is 0.481. The largest absolute Gasteiger partial charge is 0.492 e. The smallest absolute Gasteiger partial charge is 0.333 e. The molecule has 0 aliphatic heterocycles. The highest BCUT2D eigenvalue weighted by Crippen LogP contribution is 2.20. The molecule has 0 aromatic heterocycles. The van der Waals surface area contributed by atoms with Crippen LogP contribution in [0.4, 0.5) is 19.3 Å². The molecule has 0 saturated carbocycles. The Labute approximate surface area is 211 Å². The first-order chi connectivity index (χ1) is 17.1. The van der Waals surface area contributed by atoms with Crippen molar-refractivity contribution in [1.29, 1.82) is 0 Å². The maximum Gasteiger partial charge on any atom is 0.333 e. The molecule has 0 heterocycles. The van der Waals surface area contributed by atoms with E-state index in [1.54, 1.807) is 36.1 Å². The molecule has 9 heteroatoms. The van der Waals surface area contributed by atoms with Crippen LogP contribution < -0.4 is 10.1 Å². The Morgan fingerprint density at radius 2 is 1.78 bits per heavy atom. The first kappa shape index (κ1) is 29.0. The molecule has 0 spiro atoms. The van der Waals surface area contributed by atoms with Crippen LogP contribution in [-0.2, 0) is 16.0 Å². The molecule has 2 amide bonds. The van der Waals surface area contributed by atoms with E-state index in [4.69, 9.17) is 9.47 Å². The van der Waals surface area contributed by atoms with Crippen molar-refractivity contribution in [3.05, 3.63) is 59.7 Å². The molecule has 2 aromatic carbocycles. The van der Waals surface area contributed by atoms with Gasteiger partial charge in [-0.15, -0.1) is 0 Å². The van der Waals surface area contributed by atoms with Gasteiger partial charge in [-0.3, -0.25) is 0 Å². The predicted molar refractivity (Wildman–Crippen MR) is 135 cm³/mol. The third-order valence-electron chi connectivity index (χ3n) is 5.59. The van der Waals surface area contributed by atoms with Crippen molar-refractivity contribution in [2.45, 2.75) is 58.5 Å². The van der Waals surface area contributed by atoms with Crippen molar-refractivity contribution in [2.75, 3.05) is 31.6 Å². The number of anilines is 1. The molecule has 7 nitrogen and oxygen atoms in total. The van der Waals surface area contributed by atoms with Crippen LogP contribution in [0.3, 0.4) is 0 Å². The summed E-state index contributed by atoms with van der Waals surface area (Å²) < 4.78 is 37.3. The molecular weight excluding hydrogens is 470 g/mol. The number of unbranched alkanes of at least 4 members (excludes halogenated alkanes) is 1. The summed E-state index contributed by atoms with van der Waals surface area (Å²) in [7, 11) is 0. The number of aryl methyl sites for hydroxylation is 1. The van der Waals surface area contributed by atoms with Gasteiger partial charge in [0, 0.05) is 31.7 Å². The summed E-state index contributed by atoms with van der Waals surface area (Å²) >= 11 is 0. The van der Waals surface area contributed by atoms with Crippen LogP contribution in [0.1, 0.15) is 44.2 Å². The number of benzene rings is 2. The molecule has 198 valence electrons. The molecule has 2 N–H and O–H groups in total. The highest BCUT2D eigenvalue weighted by Gasteiger charge is 2.21. The third-order valence-corrected chi connectivity index (χ3v) is 5.59. The summed E-state index contributed by atoms with van der Waals surface area (Å²) in [4.78, 5) is 25.7. The minimum atomic E-state index is -2.73. The molecule has 0 saturated heterocycles. The molecule has 0 aliphatic rings. The van der Waals surface area contributed by atoms with Gasteiger partial charge < -0.3 is 24.8 Å². The number of amides is 2. The number of nitrogens with zero attached hydrogens (tertiary/aromatic N) is 1. The normalized spacial score (nSPS) is 12.1. The Balaban J connectivity index is 1.93. The van der Waals surface area contributed by atoms with Crippen LogP contribution in [0.25, 0.3) is 0 Å². The van der Waals surface area contributed by atoms with Gasteiger partial charge in [-0.25, -0.2) is 18.4 Å². The van der Waals surface area contributed by atoms with Crippen molar-refractivity contribution >= 4 is 17.7 Å². The predicted octanol–water partition coefficient (Wildman–Crippen LogP) is 5.77. The zero-order valence-corrected chi connectivity index (χ0v) is 21.1. The summed E-state index contributed by atoms with van der Waals surface area (Å²) in [6.07, 6.45) is -0.139. The van der Waals surface area contributed by atoms with E-state index in [2.05, 4.69) is 5.32 Å². The Morgan fingerprint density at radius 3 is 2.39 bits per heavy atom. The van der Waals surface area contributed by atoms with Gasteiger partial charge in [0.2, 0.25) is 5.92 Å². The number of urea groups is 1. The lowest BCUT2D eigenvalue weighted by Crippen LogP contribution is -2.38. The minimum absolute atomic E-state index is 0.209. The molecule has 0 bridgehead atoms. The number of rotatable bonds is 15. The SMILES string of the molecule is CCOC(Cc1ccc(OCCN(CCCCC(C)(F)F)C(=O)Nc2ccccc2C)cc1)C(=O)O. The average molecular weight is 507 g/mol. The van der Waals surface area contributed by atoms with Gasteiger partial charge in [0.15, 0.2) is 6.10 Å². The van der Waals surface area contributed by atoms with Crippen LogP contribution in [0.2, 0.25) is 0 Å². The van der Waals surface area contributed by atoms with Crippen LogP contribution in [0.15, 0.2) is 48.5 Å². The number of carboxylic acid groups (broad SMARTS) is 1. The zero-order valence-electron chi connectivity index (χ0n) is 21.1. The van der Waals surface area contributed by atoms with Gasteiger partial charge in [0.1, 0.15) is 12.4 Å². The molecule has 1 unspecified atom stereocenters. The maximum atomic E-state index is 13.2. The van der Waals surface area contributed by atoms with Crippen LogP contribution >= 0.6 is 0 Å². The maximum absolute atomic E-state index is 13.2. The molecule has 2 aromatic rings. The van der Waals surface area contributed by atoms with E-state index >= 15 is 0 Å². The van der Waals surface area contributed by atoms with E-state index in [1.165, 1.54) is 0 Å². The minimum Gasteiger partial charge on any atom is -0.492 e. The number of carboxylic acids is 1. The standard InChI is InChI=1S/C27H36F2N2O5/c1-4-35-24(25(32)33)19-21-11-13-22(14-12-21)36-18-17-31(16-8-7-15-27(3,28)29)26(34)30-23-10-6-5-9-20(23)2/h5-6,9-14,24H,4,7-8,15-19H2,1-3H3,(H,30,34)(H,32,33). The van der Waals surface area contributed by atoms with E-state index < -0.39 is 18.0 Å². The topological polar surface area (TPSA) is 88.1 Å². The molecular formula is C27H36F2N2O5. The average Bonchev–Trinajstić information content (AvgIpc) is 2.82. The zero-order chi connectivity index (χ0) is 26.6. The Morgan fingerprint density at radius 1 is 1.08 bits per heavy atom. The van der Waals surface area contributed by atoms with Crippen molar-refractivity contribution in [3.8, 4) is 5.75 Å². The van der Waals surface area contributed by atoms with E-state index in [9.17, 15) is 23.5 Å². The second kappa shape index (κ2) is 14.4. The Hall–Kier alpha value is -3.20. The van der Waals surface area contributed by atoms with Crippen molar-refractivity contribution in [3.63, 3.8) is 0 Å². The number of alkyl halides is 2. The van der Waals surface area contributed by atoms with E-state index in [-0.39, 0.29) is 32.0 Å². The molecule has 36 heavy (non-hydrogen) atoms. The van der Waals surface area contributed by atoms with Gasteiger partial charge in [0.05, 0.1) is 6.54 Å². The number of hydrogen-bond donors (Lipinski definition) is 2. The van der Waals surface area contributed by atoms with Gasteiger partial charge in [0.25, 0.3) is 0 Å². The van der Waals surface area contributed by atoms with Crippen LogP contribution in [0.5, 0.6) is 5.75 Å². The fourth-order valence-corrected chi connectivity index (χ4v) is 3.59. The number of para-hydroxylation sites is 1. The number of aliphatic carboxylic acids is 1. The van der Waals surface area contributed by atoms with E-state index in [0.717, 1.165) is 18.1 Å². The number of carbonyl (C=O) groups excluding carboxylic acids is 1. The highest BCUT2D eigenvalue weighted by molar-refractivity contribution is 5.90. The molecule has 0 fully saturated rings. The van der Waals surface area contributed by atoms with Crippen molar-refractivity contribution < 1.29 is 33.0 Å². The van der Waals surface area contributed by atoms with Crippen molar-refractivity contribution in [1.82, 2.24) is 4.90 Å². The summed E-state index contributed by atoms with van der Waals surface area (Å²) in [5.41, 5.74) is 2.41.